The number of nitrogens with one attached hydrogen (secondary N) is 1. The van der Waals surface area contributed by atoms with Crippen LogP contribution in [0.15, 0.2) is 24.3 Å². The van der Waals surface area contributed by atoms with Crippen molar-refractivity contribution in [1.82, 2.24) is 25.0 Å². The second kappa shape index (κ2) is 6.15. The molecule has 2 heterocycles. The summed E-state index contributed by atoms with van der Waals surface area (Å²) >= 11 is 0. The molecule has 3 rings (SSSR count). The topological polar surface area (TPSA) is 72.3 Å². The number of carbonyl (C=O) groups is 1. The van der Waals surface area contributed by atoms with Crippen molar-refractivity contribution in [2.75, 3.05) is 27.2 Å². The lowest BCUT2D eigenvalue weighted by molar-refractivity contribution is -0.131. The fourth-order valence-corrected chi connectivity index (χ4v) is 2.59. The third-order valence-corrected chi connectivity index (χ3v) is 3.78. The Balaban J connectivity index is 1.82. The second-order valence-electron chi connectivity index (χ2n) is 5.17. The van der Waals surface area contributed by atoms with Crippen molar-refractivity contribution < 1.29 is 9.53 Å². The van der Waals surface area contributed by atoms with E-state index in [-0.39, 0.29) is 5.91 Å². The van der Waals surface area contributed by atoms with Gasteiger partial charge in [0.05, 0.1) is 20.2 Å². The summed E-state index contributed by atoms with van der Waals surface area (Å²) in [5, 5.41) is 11.4. The number of likely N-dealkylation sites (N-methyl/N-ethyl adjacent to an activating group) is 1. The molecule has 1 N–H and O–H groups in total. The third kappa shape index (κ3) is 2.67. The zero-order valence-electron chi connectivity index (χ0n) is 12.7. The Hall–Kier alpha value is -2.41. The highest BCUT2D eigenvalue weighted by atomic mass is 16.5. The number of aromatic nitrogens is 3. The monoisotopic (exact) mass is 301 g/mol. The molecule has 1 amide bonds. The molecule has 0 saturated heterocycles. The van der Waals surface area contributed by atoms with E-state index in [1.54, 1.807) is 19.1 Å². The molecule has 0 aliphatic carbocycles. The smallest absolute Gasteiger partial charge is 0.236 e. The Bertz CT molecular complexity index is 665. The minimum Gasteiger partial charge on any atom is -0.497 e. The molecule has 7 heteroatoms. The van der Waals surface area contributed by atoms with E-state index in [2.05, 4.69) is 20.1 Å². The quantitative estimate of drug-likeness (QED) is 0.891. The number of hydrogen-bond acceptors (Lipinski definition) is 5. The molecule has 0 spiro atoms. The lowest BCUT2D eigenvalue weighted by atomic mass is 10.2. The maximum absolute atomic E-state index is 11.9. The van der Waals surface area contributed by atoms with Crippen LogP contribution in [0.4, 0.5) is 0 Å². The number of carbonyl (C=O) groups excluding carboxylic acids is 1. The molecule has 7 nitrogen and oxygen atoms in total. The fraction of sp³-hybridized carbons (Fsp3) is 0.400. The van der Waals surface area contributed by atoms with Crippen LogP contribution >= 0.6 is 0 Å². The van der Waals surface area contributed by atoms with Gasteiger partial charge in [-0.15, -0.1) is 10.2 Å². The number of nitrogens with zero attached hydrogens (tertiary/aromatic N) is 4. The molecule has 0 atom stereocenters. The molecule has 1 aliphatic rings. The molecule has 0 unspecified atom stereocenters. The summed E-state index contributed by atoms with van der Waals surface area (Å²) in [5.41, 5.74) is 0.995. The SMILES string of the molecule is CNCC(=O)N1CCn2c(nnc2-c2ccc(OC)cc2)C1. The molecule has 1 aromatic heterocycles. The number of hydrogen-bond donors (Lipinski definition) is 1. The summed E-state index contributed by atoms with van der Waals surface area (Å²) in [4.78, 5) is 13.8. The highest BCUT2D eigenvalue weighted by Crippen LogP contribution is 2.23. The van der Waals surface area contributed by atoms with E-state index >= 15 is 0 Å². The molecular weight excluding hydrogens is 282 g/mol. The van der Waals surface area contributed by atoms with Crippen LogP contribution in [-0.2, 0) is 17.9 Å². The summed E-state index contributed by atoms with van der Waals surface area (Å²) in [5.74, 6) is 2.55. The van der Waals surface area contributed by atoms with E-state index in [9.17, 15) is 4.79 Å². The van der Waals surface area contributed by atoms with Crippen molar-refractivity contribution in [1.29, 1.82) is 0 Å². The van der Waals surface area contributed by atoms with Crippen molar-refractivity contribution >= 4 is 5.91 Å². The predicted molar refractivity (Wildman–Crippen MR) is 81.4 cm³/mol. The van der Waals surface area contributed by atoms with Gasteiger partial charge in [-0.1, -0.05) is 0 Å². The first-order chi connectivity index (χ1) is 10.7. The minimum absolute atomic E-state index is 0.0859. The van der Waals surface area contributed by atoms with Crippen molar-refractivity contribution in [3.63, 3.8) is 0 Å². The van der Waals surface area contributed by atoms with E-state index in [0.29, 0.717) is 26.2 Å². The van der Waals surface area contributed by atoms with Gasteiger partial charge in [-0.25, -0.2) is 0 Å². The van der Waals surface area contributed by atoms with Crippen LogP contribution in [0.5, 0.6) is 5.75 Å². The van der Waals surface area contributed by atoms with Crippen LogP contribution in [0.2, 0.25) is 0 Å². The molecule has 0 saturated carbocycles. The first-order valence-corrected chi connectivity index (χ1v) is 7.22. The van der Waals surface area contributed by atoms with Crippen LogP contribution in [-0.4, -0.2) is 52.8 Å². The van der Waals surface area contributed by atoms with Gasteiger partial charge < -0.3 is 19.5 Å². The average Bonchev–Trinajstić information content (AvgIpc) is 2.98. The van der Waals surface area contributed by atoms with Gasteiger partial charge in [0.2, 0.25) is 5.91 Å². The molecule has 22 heavy (non-hydrogen) atoms. The van der Waals surface area contributed by atoms with E-state index in [1.165, 1.54) is 0 Å². The largest absolute Gasteiger partial charge is 0.497 e. The van der Waals surface area contributed by atoms with Crippen LogP contribution in [0, 0.1) is 0 Å². The Kier molecular flexibility index (Phi) is 4.06. The maximum Gasteiger partial charge on any atom is 0.236 e. The number of rotatable bonds is 4. The minimum atomic E-state index is 0.0859. The zero-order valence-corrected chi connectivity index (χ0v) is 12.7. The van der Waals surface area contributed by atoms with Crippen molar-refractivity contribution in [3.8, 4) is 17.1 Å². The van der Waals surface area contributed by atoms with Crippen molar-refractivity contribution in [2.45, 2.75) is 13.1 Å². The summed E-state index contributed by atoms with van der Waals surface area (Å²) in [6.07, 6.45) is 0. The molecule has 0 bridgehead atoms. The van der Waals surface area contributed by atoms with Crippen LogP contribution in [0.25, 0.3) is 11.4 Å². The fourth-order valence-electron chi connectivity index (χ4n) is 2.59. The standard InChI is InChI=1S/C15H19N5O2/c1-16-9-14(21)19-7-8-20-13(10-19)17-18-15(20)11-3-5-12(22-2)6-4-11/h3-6,16H,7-10H2,1-2H3. The highest BCUT2D eigenvalue weighted by molar-refractivity contribution is 5.78. The number of benzene rings is 1. The molecule has 116 valence electrons. The molecule has 2 aromatic rings. The third-order valence-electron chi connectivity index (χ3n) is 3.78. The van der Waals surface area contributed by atoms with Gasteiger partial charge >= 0.3 is 0 Å². The lowest BCUT2D eigenvalue weighted by Gasteiger charge is -2.27. The summed E-state index contributed by atoms with van der Waals surface area (Å²) < 4.78 is 7.24. The van der Waals surface area contributed by atoms with Gasteiger partial charge in [-0.3, -0.25) is 4.79 Å². The summed E-state index contributed by atoms with van der Waals surface area (Å²) in [7, 11) is 3.41. The van der Waals surface area contributed by atoms with Gasteiger partial charge in [0, 0.05) is 18.7 Å². The van der Waals surface area contributed by atoms with E-state index in [1.807, 2.05) is 24.3 Å². The lowest BCUT2D eigenvalue weighted by Crippen LogP contribution is -2.42. The summed E-state index contributed by atoms with van der Waals surface area (Å²) in [6, 6.07) is 7.74. The number of fused-ring (bicyclic) bond motifs is 1. The van der Waals surface area contributed by atoms with Gasteiger partial charge in [-0.2, -0.15) is 0 Å². The predicted octanol–water partition coefficient (Wildman–Crippen LogP) is 0.515. The van der Waals surface area contributed by atoms with Crippen molar-refractivity contribution in [2.24, 2.45) is 0 Å². The van der Waals surface area contributed by atoms with E-state index in [4.69, 9.17) is 4.74 Å². The molecule has 1 aliphatic heterocycles. The first-order valence-electron chi connectivity index (χ1n) is 7.22. The van der Waals surface area contributed by atoms with Gasteiger partial charge in [0.1, 0.15) is 5.75 Å². The normalized spacial score (nSPS) is 13.8. The number of ether oxygens (including phenoxy) is 1. The Morgan fingerprint density at radius 1 is 1.27 bits per heavy atom. The Labute approximate surface area is 128 Å². The number of methoxy groups -OCH3 is 1. The molecular formula is C15H19N5O2. The van der Waals surface area contributed by atoms with Crippen LogP contribution < -0.4 is 10.1 Å². The maximum atomic E-state index is 11.9. The van der Waals surface area contributed by atoms with Crippen LogP contribution in [0.3, 0.4) is 0 Å². The summed E-state index contributed by atoms with van der Waals surface area (Å²) in [6.45, 7) is 2.23. The number of amides is 1. The molecule has 0 fully saturated rings. The van der Waals surface area contributed by atoms with Gasteiger partial charge in [0.15, 0.2) is 11.6 Å². The average molecular weight is 301 g/mol. The van der Waals surface area contributed by atoms with E-state index < -0.39 is 0 Å². The second-order valence-corrected chi connectivity index (χ2v) is 5.17. The molecule has 0 radical (unpaired) electrons. The van der Waals surface area contributed by atoms with E-state index in [0.717, 1.165) is 23.0 Å². The Morgan fingerprint density at radius 2 is 2.05 bits per heavy atom. The van der Waals surface area contributed by atoms with Gasteiger partial charge in [0.25, 0.3) is 0 Å². The van der Waals surface area contributed by atoms with Gasteiger partial charge in [-0.05, 0) is 31.3 Å². The highest BCUT2D eigenvalue weighted by Gasteiger charge is 2.24. The van der Waals surface area contributed by atoms with Crippen molar-refractivity contribution in [3.05, 3.63) is 30.1 Å². The first kappa shape index (κ1) is 14.5. The zero-order chi connectivity index (χ0) is 15.5. The molecule has 1 aromatic carbocycles. The Morgan fingerprint density at radius 3 is 2.73 bits per heavy atom. The van der Waals surface area contributed by atoms with Crippen LogP contribution in [0.1, 0.15) is 5.82 Å².